The van der Waals surface area contributed by atoms with Crippen LogP contribution < -0.4 is 0 Å². The van der Waals surface area contributed by atoms with Crippen LogP contribution in [0.15, 0.2) is 12.2 Å². The minimum atomic E-state index is -0.980. The van der Waals surface area contributed by atoms with Gasteiger partial charge in [-0.3, -0.25) is 19.2 Å². The second kappa shape index (κ2) is 12.3. The molecule has 8 nitrogen and oxygen atoms in total. The van der Waals surface area contributed by atoms with Crippen molar-refractivity contribution in [3.8, 4) is 0 Å². The van der Waals surface area contributed by atoms with Crippen molar-refractivity contribution in [3.63, 3.8) is 0 Å². The number of carbonyl (C=O) groups is 4. The maximum atomic E-state index is 12.6. The van der Waals surface area contributed by atoms with Gasteiger partial charge in [0.05, 0.1) is 32.3 Å². The molecule has 5 aliphatic rings. The van der Waals surface area contributed by atoms with Crippen LogP contribution in [-0.2, 0) is 28.7 Å². The highest BCUT2D eigenvalue weighted by molar-refractivity contribution is 5.77. The number of carboxylic acid groups (broad SMARTS) is 2. The molecule has 0 aliphatic heterocycles. The molecule has 0 radical (unpaired) electrons. The van der Waals surface area contributed by atoms with Crippen molar-refractivity contribution in [2.75, 3.05) is 6.61 Å². The number of ether oxygens (including phenoxy) is 2. The maximum Gasteiger partial charge on any atom is 0.306 e. The van der Waals surface area contributed by atoms with E-state index in [1.807, 2.05) is 0 Å². The number of carbonyl (C=O) groups excluding carboxylic acids is 2. The number of hydrogen-bond acceptors (Lipinski definition) is 6. The van der Waals surface area contributed by atoms with Gasteiger partial charge in [0.2, 0.25) is 0 Å². The lowest BCUT2D eigenvalue weighted by molar-refractivity contribution is -0.252. The van der Waals surface area contributed by atoms with Crippen LogP contribution >= 0.6 is 0 Å². The highest BCUT2D eigenvalue weighted by atomic mass is 16.5. The third kappa shape index (κ3) is 5.61. The van der Waals surface area contributed by atoms with Crippen LogP contribution in [0.5, 0.6) is 0 Å². The first-order chi connectivity index (χ1) is 21.4. The lowest BCUT2D eigenvalue weighted by Crippen LogP contribution is -2.67. The summed E-state index contributed by atoms with van der Waals surface area (Å²) in [5, 5.41) is 18.1. The zero-order chi connectivity index (χ0) is 33.9. The van der Waals surface area contributed by atoms with Gasteiger partial charge in [-0.25, -0.2) is 0 Å². The third-order valence-corrected chi connectivity index (χ3v) is 15.1. The van der Waals surface area contributed by atoms with E-state index in [2.05, 4.69) is 48.1 Å². The Labute approximate surface area is 275 Å². The normalized spacial score (nSPS) is 42.4. The van der Waals surface area contributed by atoms with Gasteiger partial charge < -0.3 is 19.7 Å². The molecule has 0 unspecified atom stereocenters. The third-order valence-electron chi connectivity index (χ3n) is 15.1. The van der Waals surface area contributed by atoms with Crippen LogP contribution in [0.1, 0.15) is 131 Å². The van der Waals surface area contributed by atoms with Gasteiger partial charge in [0.25, 0.3) is 0 Å². The summed E-state index contributed by atoms with van der Waals surface area (Å²) in [5.41, 5.74) is 1.35. The number of allylic oxidation sites excluding steroid dienone is 1. The Hall–Kier alpha value is -2.38. The zero-order valence-corrected chi connectivity index (χ0v) is 29.1. The van der Waals surface area contributed by atoms with Crippen LogP contribution in [0, 0.1) is 56.7 Å². The summed E-state index contributed by atoms with van der Waals surface area (Å²) in [5.74, 6) is -0.505. The number of rotatable bonds is 10. The van der Waals surface area contributed by atoms with E-state index < -0.39 is 23.9 Å². The molecule has 5 rings (SSSR count). The molecule has 5 saturated carbocycles. The fourth-order valence-corrected chi connectivity index (χ4v) is 12.7. The van der Waals surface area contributed by atoms with Crippen LogP contribution in [0.2, 0.25) is 0 Å². The SMILES string of the molecule is C=C(C)[C@@H]1CC[C@@]2(COC(=O)CCC(=O)O)CC[C@@]3(C)[C@@H](CC[C@H]4[C@]5(C)CC[C@H](OC(=O)CCC(=O)O)C(C)(C)[C@@H]5CC[C@@]43C)[C@H]12. The number of fused-ring (bicyclic) bond motifs is 7. The Balaban J connectivity index is 1.38. The van der Waals surface area contributed by atoms with Crippen LogP contribution in [-0.4, -0.2) is 46.8 Å². The summed E-state index contributed by atoms with van der Waals surface area (Å²) in [6.45, 7) is 19.2. The molecule has 46 heavy (non-hydrogen) atoms. The molecule has 258 valence electrons. The van der Waals surface area contributed by atoms with Crippen LogP contribution in [0.4, 0.5) is 0 Å². The standard InChI is InChI=1S/C38H58O8/c1-23(2)24-14-19-38(22-45-31(43)12-10-29(39)40)21-20-36(6)25(33(24)38)8-9-27-35(5)17-16-28(46-32(44)13-11-30(41)42)34(3,4)26(35)15-18-37(27,36)7/h24-28,33H,1,8-22H2,2-7H3,(H,39,40)(H,41,42)/t24-,25-,26-,27-,28-,33-,35+,36-,37-,38-/m0/s1. The van der Waals surface area contributed by atoms with E-state index in [1.54, 1.807) is 0 Å². The monoisotopic (exact) mass is 642 g/mol. The summed E-state index contributed by atoms with van der Waals surface area (Å²) in [6.07, 6.45) is 9.79. The lowest BCUT2D eigenvalue weighted by atomic mass is 9.32. The number of hydrogen-bond donors (Lipinski definition) is 2. The fourth-order valence-electron chi connectivity index (χ4n) is 12.7. The first kappa shape index (κ1) is 34.9. The van der Waals surface area contributed by atoms with Gasteiger partial charge in [0.1, 0.15) is 6.10 Å². The van der Waals surface area contributed by atoms with Crippen molar-refractivity contribution >= 4 is 23.9 Å². The average Bonchev–Trinajstić information content (AvgIpc) is 3.36. The Morgan fingerprint density at radius 2 is 1.37 bits per heavy atom. The molecular weight excluding hydrogens is 584 g/mol. The molecule has 0 spiro atoms. The summed E-state index contributed by atoms with van der Waals surface area (Å²) in [6, 6.07) is 0. The molecule has 5 fully saturated rings. The van der Waals surface area contributed by atoms with Gasteiger partial charge in [0, 0.05) is 10.8 Å². The first-order valence-electron chi connectivity index (χ1n) is 17.9. The molecule has 2 N–H and O–H groups in total. The zero-order valence-electron chi connectivity index (χ0n) is 29.1. The molecule has 10 atom stereocenters. The van der Waals surface area contributed by atoms with Crippen molar-refractivity contribution in [1.82, 2.24) is 0 Å². The molecule has 0 saturated heterocycles. The van der Waals surface area contributed by atoms with E-state index >= 15 is 0 Å². The Kier molecular flexibility index (Phi) is 9.31. The van der Waals surface area contributed by atoms with Crippen molar-refractivity contribution in [3.05, 3.63) is 12.2 Å². The highest BCUT2D eigenvalue weighted by Gasteiger charge is 2.71. The first-order valence-corrected chi connectivity index (χ1v) is 17.9. The topological polar surface area (TPSA) is 127 Å². The second-order valence-corrected chi connectivity index (χ2v) is 17.3. The molecule has 0 bridgehead atoms. The van der Waals surface area contributed by atoms with Gasteiger partial charge in [-0.1, -0.05) is 46.8 Å². The predicted octanol–water partition coefficient (Wildman–Crippen LogP) is 7.83. The molecule has 0 aromatic rings. The fraction of sp³-hybridized carbons (Fsp3) is 0.842. The van der Waals surface area contributed by atoms with Gasteiger partial charge >= 0.3 is 23.9 Å². The minimum Gasteiger partial charge on any atom is -0.481 e. The summed E-state index contributed by atoms with van der Waals surface area (Å²) in [4.78, 5) is 47.3. The van der Waals surface area contributed by atoms with E-state index in [0.29, 0.717) is 36.2 Å². The van der Waals surface area contributed by atoms with Gasteiger partial charge in [-0.05, 0) is 117 Å². The summed E-state index contributed by atoms with van der Waals surface area (Å²) in [7, 11) is 0. The van der Waals surface area contributed by atoms with Crippen molar-refractivity contribution in [1.29, 1.82) is 0 Å². The van der Waals surface area contributed by atoms with E-state index in [1.165, 1.54) is 5.57 Å². The van der Waals surface area contributed by atoms with Crippen LogP contribution in [0.3, 0.4) is 0 Å². The summed E-state index contributed by atoms with van der Waals surface area (Å²) >= 11 is 0. The minimum absolute atomic E-state index is 0.0818. The van der Waals surface area contributed by atoms with Crippen molar-refractivity contribution in [2.24, 2.45) is 56.7 Å². The summed E-state index contributed by atoms with van der Waals surface area (Å²) < 4.78 is 11.9. The van der Waals surface area contributed by atoms with Gasteiger partial charge in [-0.15, -0.1) is 0 Å². The molecule has 0 aromatic carbocycles. The molecule has 0 heterocycles. The highest BCUT2D eigenvalue weighted by Crippen LogP contribution is 2.77. The van der Waals surface area contributed by atoms with Gasteiger partial charge in [0.15, 0.2) is 0 Å². The van der Waals surface area contributed by atoms with Gasteiger partial charge in [-0.2, -0.15) is 0 Å². The molecule has 0 aromatic heterocycles. The molecule has 8 heteroatoms. The Morgan fingerprint density at radius 3 is 2.00 bits per heavy atom. The number of aliphatic carboxylic acids is 2. The van der Waals surface area contributed by atoms with Crippen LogP contribution in [0.25, 0.3) is 0 Å². The second-order valence-electron chi connectivity index (χ2n) is 17.3. The Morgan fingerprint density at radius 1 is 0.717 bits per heavy atom. The average molecular weight is 643 g/mol. The van der Waals surface area contributed by atoms with Crippen molar-refractivity contribution in [2.45, 2.75) is 138 Å². The molecule has 0 amide bonds. The van der Waals surface area contributed by atoms with E-state index in [-0.39, 0.29) is 58.9 Å². The number of esters is 2. The van der Waals surface area contributed by atoms with E-state index in [0.717, 1.165) is 64.2 Å². The lowest BCUT2D eigenvalue weighted by Gasteiger charge is -2.73. The van der Waals surface area contributed by atoms with Crippen molar-refractivity contribution < 1.29 is 38.9 Å². The predicted molar refractivity (Wildman–Crippen MR) is 174 cm³/mol. The molecular formula is C38H58O8. The largest absolute Gasteiger partial charge is 0.481 e. The smallest absolute Gasteiger partial charge is 0.306 e. The van der Waals surface area contributed by atoms with E-state index in [9.17, 15) is 19.2 Å². The quantitative estimate of drug-likeness (QED) is 0.182. The molecule has 5 aliphatic carbocycles. The maximum absolute atomic E-state index is 12.6. The van der Waals surface area contributed by atoms with E-state index in [4.69, 9.17) is 19.7 Å². The Bertz CT molecular complexity index is 1250. The number of carboxylic acids is 2.